The summed E-state index contributed by atoms with van der Waals surface area (Å²) in [5, 5.41) is 6.00. The first-order valence-electron chi connectivity index (χ1n) is 5.14. The van der Waals surface area contributed by atoms with Gasteiger partial charge in [-0.2, -0.15) is 0 Å². The molecule has 1 aromatic carbocycles. The second-order valence-corrected chi connectivity index (χ2v) is 4.38. The highest BCUT2D eigenvalue weighted by molar-refractivity contribution is 7.13. The maximum absolute atomic E-state index is 12.7. The van der Waals surface area contributed by atoms with Crippen LogP contribution in [-0.4, -0.2) is 12.0 Å². The van der Waals surface area contributed by atoms with E-state index in [4.69, 9.17) is 0 Å². The van der Waals surface area contributed by atoms with Crippen molar-refractivity contribution in [1.82, 2.24) is 4.98 Å². The summed E-state index contributed by atoms with van der Waals surface area (Å²) < 4.78 is 12.7. The molecule has 1 heterocycles. The summed E-state index contributed by atoms with van der Waals surface area (Å²) in [6, 6.07) is 6.63. The highest BCUT2D eigenvalue weighted by Crippen LogP contribution is 2.16. The molecule has 0 aliphatic rings. The van der Waals surface area contributed by atoms with E-state index in [1.165, 1.54) is 12.1 Å². The number of benzene rings is 1. The van der Waals surface area contributed by atoms with Crippen molar-refractivity contribution in [3.8, 4) is 0 Å². The molecule has 1 N–H and O–H groups in total. The van der Waals surface area contributed by atoms with Crippen LogP contribution in [0.5, 0.6) is 0 Å². The zero-order chi connectivity index (χ0) is 11.4. The number of hydrogen-bond donors (Lipinski definition) is 1. The van der Waals surface area contributed by atoms with Gasteiger partial charge in [-0.1, -0.05) is 12.1 Å². The number of nitrogens with one attached hydrogen (secondary N) is 1. The first kappa shape index (κ1) is 11.1. The Bertz CT molecular complexity index is 450. The first-order valence-corrected chi connectivity index (χ1v) is 6.02. The maximum Gasteiger partial charge on any atom is 0.182 e. The number of thiazole rings is 1. The average molecular weight is 236 g/mol. The zero-order valence-corrected chi connectivity index (χ0v) is 9.85. The molecule has 0 atom stereocenters. The molecular weight excluding hydrogens is 223 g/mol. The van der Waals surface area contributed by atoms with E-state index in [-0.39, 0.29) is 5.82 Å². The number of rotatable bonds is 4. The lowest BCUT2D eigenvalue weighted by atomic mass is 10.1. The average Bonchev–Trinajstić information content (AvgIpc) is 2.76. The molecule has 0 aliphatic carbocycles. The van der Waals surface area contributed by atoms with Crippen molar-refractivity contribution in [2.75, 3.05) is 12.4 Å². The molecule has 2 aromatic rings. The molecule has 1 aromatic heterocycles. The van der Waals surface area contributed by atoms with Gasteiger partial charge in [0.25, 0.3) is 0 Å². The van der Waals surface area contributed by atoms with Gasteiger partial charge in [0.2, 0.25) is 0 Å². The Kier molecular flexibility index (Phi) is 3.51. The standard InChI is InChI=1S/C12H13FN2S/c1-14-12-15-11(8-16-12)7-4-9-2-5-10(13)6-3-9/h2-3,5-6,8H,4,7H2,1H3,(H,14,15). The largest absolute Gasteiger partial charge is 0.365 e. The molecule has 84 valence electrons. The Morgan fingerprint density at radius 3 is 2.62 bits per heavy atom. The molecule has 2 nitrogen and oxygen atoms in total. The van der Waals surface area contributed by atoms with Gasteiger partial charge in [0.1, 0.15) is 5.82 Å². The van der Waals surface area contributed by atoms with Crippen molar-refractivity contribution in [2.45, 2.75) is 12.8 Å². The SMILES string of the molecule is CNc1nc(CCc2ccc(F)cc2)cs1. The lowest BCUT2D eigenvalue weighted by Gasteiger charge is -1.98. The Morgan fingerprint density at radius 2 is 2.00 bits per heavy atom. The van der Waals surface area contributed by atoms with Crippen molar-refractivity contribution in [3.63, 3.8) is 0 Å². The van der Waals surface area contributed by atoms with Crippen LogP contribution in [0.1, 0.15) is 11.3 Å². The first-order chi connectivity index (χ1) is 7.78. The van der Waals surface area contributed by atoms with Crippen molar-refractivity contribution in [3.05, 3.63) is 46.7 Å². The van der Waals surface area contributed by atoms with Crippen LogP contribution in [-0.2, 0) is 12.8 Å². The van der Waals surface area contributed by atoms with Gasteiger partial charge >= 0.3 is 0 Å². The minimum atomic E-state index is -0.185. The Balaban J connectivity index is 1.94. The van der Waals surface area contributed by atoms with Crippen LogP contribution < -0.4 is 5.32 Å². The Labute approximate surface area is 98.2 Å². The van der Waals surface area contributed by atoms with Gasteiger partial charge in [-0.05, 0) is 30.5 Å². The van der Waals surface area contributed by atoms with E-state index in [1.54, 1.807) is 11.3 Å². The normalized spacial score (nSPS) is 10.4. The van der Waals surface area contributed by atoms with Crippen LogP contribution in [0.15, 0.2) is 29.6 Å². The molecule has 4 heteroatoms. The lowest BCUT2D eigenvalue weighted by molar-refractivity contribution is 0.627. The number of hydrogen-bond acceptors (Lipinski definition) is 3. The third-order valence-corrected chi connectivity index (χ3v) is 3.26. The quantitative estimate of drug-likeness (QED) is 0.882. The van der Waals surface area contributed by atoms with Crippen molar-refractivity contribution >= 4 is 16.5 Å². The molecule has 0 saturated heterocycles. The van der Waals surface area contributed by atoms with Crippen LogP contribution in [0.4, 0.5) is 9.52 Å². The summed E-state index contributed by atoms with van der Waals surface area (Å²) in [5.74, 6) is -0.185. The second kappa shape index (κ2) is 5.07. The lowest BCUT2D eigenvalue weighted by Crippen LogP contribution is -1.93. The number of anilines is 1. The van der Waals surface area contributed by atoms with E-state index in [1.807, 2.05) is 19.2 Å². The van der Waals surface area contributed by atoms with E-state index in [0.717, 1.165) is 29.2 Å². The highest BCUT2D eigenvalue weighted by Gasteiger charge is 2.01. The number of aromatic nitrogens is 1. The Morgan fingerprint density at radius 1 is 1.25 bits per heavy atom. The van der Waals surface area contributed by atoms with E-state index in [2.05, 4.69) is 15.7 Å². The van der Waals surface area contributed by atoms with Gasteiger partial charge in [0.05, 0.1) is 5.69 Å². The van der Waals surface area contributed by atoms with Crippen molar-refractivity contribution < 1.29 is 4.39 Å². The van der Waals surface area contributed by atoms with Crippen molar-refractivity contribution in [1.29, 1.82) is 0 Å². The van der Waals surface area contributed by atoms with Gasteiger partial charge in [0.15, 0.2) is 5.13 Å². The van der Waals surface area contributed by atoms with E-state index in [9.17, 15) is 4.39 Å². The van der Waals surface area contributed by atoms with Crippen LogP contribution in [0.2, 0.25) is 0 Å². The number of halogens is 1. The van der Waals surface area contributed by atoms with Crippen LogP contribution >= 0.6 is 11.3 Å². The molecule has 0 fully saturated rings. The summed E-state index contributed by atoms with van der Waals surface area (Å²) in [6.45, 7) is 0. The molecule has 0 radical (unpaired) electrons. The second-order valence-electron chi connectivity index (χ2n) is 3.52. The Hall–Kier alpha value is -1.42. The summed E-state index contributed by atoms with van der Waals surface area (Å²) in [5.41, 5.74) is 2.22. The molecule has 0 aliphatic heterocycles. The minimum absolute atomic E-state index is 0.185. The summed E-state index contributed by atoms with van der Waals surface area (Å²) in [7, 11) is 1.86. The molecule has 0 spiro atoms. The summed E-state index contributed by atoms with van der Waals surface area (Å²) in [4.78, 5) is 4.39. The van der Waals surface area contributed by atoms with E-state index in [0.29, 0.717) is 0 Å². The predicted molar refractivity (Wildman–Crippen MR) is 65.5 cm³/mol. The topological polar surface area (TPSA) is 24.9 Å². The minimum Gasteiger partial charge on any atom is -0.365 e. The fraction of sp³-hybridized carbons (Fsp3) is 0.250. The number of nitrogens with zero attached hydrogens (tertiary/aromatic N) is 1. The summed E-state index contributed by atoms with van der Waals surface area (Å²) in [6.07, 6.45) is 1.79. The van der Waals surface area contributed by atoms with Gasteiger partial charge < -0.3 is 5.32 Å². The van der Waals surface area contributed by atoms with Crippen molar-refractivity contribution in [2.24, 2.45) is 0 Å². The predicted octanol–water partition coefficient (Wildman–Crippen LogP) is 3.11. The van der Waals surface area contributed by atoms with Crippen LogP contribution in [0.25, 0.3) is 0 Å². The molecule has 0 bridgehead atoms. The molecule has 2 rings (SSSR count). The molecule has 0 saturated carbocycles. The van der Waals surface area contributed by atoms with E-state index >= 15 is 0 Å². The zero-order valence-electron chi connectivity index (χ0n) is 9.03. The van der Waals surface area contributed by atoms with Gasteiger partial charge in [-0.25, -0.2) is 9.37 Å². The fourth-order valence-electron chi connectivity index (χ4n) is 1.46. The van der Waals surface area contributed by atoms with Gasteiger partial charge in [0, 0.05) is 12.4 Å². The van der Waals surface area contributed by atoms with Crippen LogP contribution in [0, 0.1) is 5.82 Å². The monoisotopic (exact) mass is 236 g/mol. The van der Waals surface area contributed by atoms with Crippen LogP contribution in [0.3, 0.4) is 0 Å². The molecular formula is C12H13FN2S. The third kappa shape index (κ3) is 2.79. The number of aryl methyl sites for hydroxylation is 2. The fourth-order valence-corrected chi connectivity index (χ4v) is 2.17. The van der Waals surface area contributed by atoms with Gasteiger partial charge in [-0.3, -0.25) is 0 Å². The van der Waals surface area contributed by atoms with E-state index < -0.39 is 0 Å². The third-order valence-electron chi connectivity index (χ3n) is 2.35. The van der Waals surface area contributed by atoms with Gasteiger partial charge in [-0.15, -0.1) is 11.3 Å². The molecule has 0 amide bonds. The molecule has 16 heavy (non-hydrogen) atoms. The summed E-state index contributed by atoms with van der Waals surface area (Å²) >= 11 is 1.60. The smallest absolute Gasteiger partial charge is 0.182 e. The highest BCUT2D eigenvalue weighted by atomic mass is 32.1. The maximum atomic E-state index is 12.7. The molecule has 0 unspecified atom stereocenters.